The topological polar surface area (TPSA) is 149 Å². The molecule has 0 amide bonds. The Morgan fingerprint density at radius 1 is 0.526 bits per heavy atom. The zero-order valence-electron chi connectivity index (χ0n) is 34.7. The summed E-state index contributed by atoms with van der Waals surface area (Å²) in [6.45, 7) is 2.01. The van der Waals surface area contributed by atoms with Gasteiger partial charge in [0.25, 0.3) is 0 Å². The van der Waals surface area contributed by atoms with E-state index in [0.717, 1.165) is 89.9 Å². The van der Waals surface area contributed by atoms with Gasteiger partial charge in [0.2, 0.25) is 0 Å². The molecule has 0 aromatic heterocycles. The van der Waals surface area contributed by atoms with E-state index >= 15 is 0 Å². The van der Waals surface area contributed by atoms with Crippen molar-refractivity contribution in [3.63, 3.8) is 0 Å². The molecule has 322 valence electrons. The second kappa shape index (κ2) is 40.8. The molecular weight excluding hydrogens is 743 g/mol. The van der Waals surface area contributed by atoms with Gasteiger partial charge in [-0.05, 0) is 83.5 Å². The predicted molar refractivity (Wildman–Crippen MR) is 232 cm³/mol. The fourth-order valence-electron chi connectivity index (χ4n) is 4.80. The number of hydrogen-bond donors (Lipinski definition) is 3. The van der Waals surface area contributed by atoms with Crippen LogP contribution in [0.5, 0.6) is 0 Å². The van der Waals surface area contributed by atoms with Gasteiger partial charge < -0.3 is 24.6 Å². The molecule has 1 unspecified atom stereocenters. The van der Waals surface area contributed by atoms with E-state index in [9.17, 15) is 24.2 Å². The summed E-state index contributed by atoms with van der Waals surface area (Å²) in [5, 5.41) is 18.3. The number of aliphatic hydroxyl groups is 2. The molecule has 0 radical (unpaired) electrons. The standard InChI is InChI=1S/C46H73O10P/c1-3-5-7-9-11-13-15-17-19-20-21-22-24-26-28-30-32-34-36-38-46(50)56-44(42-55-57(51,52)54-40-43(48)39-47)41-53-45(49)37-35-33-31-29-27-25-23-18-16-14-12-10-8-6-4-2/h5-8,11-14,17-19,21-23,26,28,32,34,43-44,47-48H,3-4,9-10,15-16,20,24-25,27,29-31,33,35-42H2,1-2H3,(H,51,52)/b7-5-,8-6-,13-11-,14-12-,19-17-,22-21-,23-18-,28-26-,34-32-/t43-,44+/m0/s1. The van der Waals surface area contributed by atoms with E-state index in [4.69, 9.17) is 19.1 Å². The van der Waals surface area contributed by atoms with Gasteiger partial charge in [0.05, 0.1) is 19.8 Å². The Hall–Kier alpha value is -3.37. The van der Waals surface area contributed by atoms with Crippen LogP contribution in [0.3, 0.4) is 0 Å². The lowest BCUT2D eigenvalue weighted by atomic mass is 10.1. The molecule has 10 nitrogen and oxygen atoms in total. The van der Waals surface area contributed by atoms with Gasteiger partial charge in [-0.3, -0.25) is 18.6 Å². The number of rotatable bonds is 37. The molecule has 0 bridgehead atoms. The molecule has 0 saturated carbocycles. The first-order valence-corrected chi connectivity index (χ1v) is 22.3. The second-order valence-electron chi connectivity index (χ2n) is 13.2. The molecule has 0 saturated heterocycles. The summed E-state index contributed by atoms with van der Waals surface area (Å²) in [7, 11) is -4.65. The first-order valence-electron chi connectivity index (χ1n) is 20.8. The van der Waals surface area contributed by atoms with E-state index in [2.05, 4.69) is 116 Å². The van der Waals surface area contributed by atoms with Crippen molar-refractivity contribution >= 4 is 19.8 Å². The van der Waals surface area contributed by atoms with Gasteiger partial charge in [-0.2, -0.15) is 0 Å². The van der Waals surface area contributed by atoms with Crippen molar-refractivity contribution < 1.29 is 47.8 Å². The zero-order chi connectivity index (χ0) is 41.9. The maximum atomic E-state index is 12.6. The van der Waals surface area contributed by atoms with Crippen molar-refractivity contribution in [2.24, 2.45) is 0 Å². The summed E-state index contributed by atoms with van der Waals surface area (Å²) in [4.78, 5) is 34.9. The smallest absolute Gasteiger partial charge is 0.462 e. The second-order valence-corrected chi connectivity index (χ2v) is 14.7. The SMILES string of the molecule is CC/C=C\C/C=C\C/C=C\C/C=C\C/C=C\C/C=C\CCC(=O)O[C@H](COC(=O)CCCCCCC/C=C\C/C=C\C/C=C\CC)COP(=O)(O)OC[C@@H](O)CO. The van der Waals surface area contributed by atoms with Crippen LogP contribution in [0.25, 0.3) is 0 Å². The highest BCUT2D eigenvalue weighted by Crippen LogP contribution is 2.43. The minimum atomic E-state index is -4.65. The number of ether oxygens (including phenoxy) is 2. The molecule has 3 N–H and O–H groups in total. The highest BCUT2D eigenvalue weighted by molar-refractivity contribution is 7.47. The van der Waals surface area contributed by atoms with Crippen LogP contribution in [-0.2, 0) is 32.7 Å². The number of phosphoric acid groups is 1. The number of esters is 2. The van der Waals surface area contributed by atoms with Gasteiger partial charge in [0.1, 0.15) is 12.7 Å². The van der Waals surface area contributed by atoms with Gasteiger partial charge in [-0.15, -0.1) is 0 Å². The molecular formula is C46H73O10P. The van der Waals surface area contributed by atoms with Gasteiger partial charge in [-0.1, -0.05) is 142 Å². The minimum Gasteiger partial charge on any atom is -0.462 e. The van der Waals surface area contributed by atoms with Crippen LogP contribution >= 0.6 is 7.82 Å². The summed E-state index contributed by atoms with van der Waals surface area (Å²) >= 11 is 0. The molecule has 11 heteroatoms. The third kappa shape index (κ3) is 40.6. The maximum Gasteiger partial charge on any atom is 0.472 e. The lowest BCUT2D eigenvalue weighted by Crippen LogP contribution is -2.29. The lowest BCUT2D eigenvalue weighted by molar-refractivity contribution is -0.161. The number of phosphoric ester groups is 1. The first kappa shape index (κ1) is 53.6. The van der Waals surface area contributed by atoms with Crippen LogP contribution in [0, 0.1) is 0 Å². The van der Waals surface area contributed by atoms with Crippen molar-refractivity contribution in [1.82, 2.24) is 0 Å². The highest BCUT2D eigenvalue weighted by atomic mass is 31.2. The Kier molecular flexibility index (Phi) is 38.4. The quantitative estimate of drug-likeness (QED) is 0.0239. The van der Waals surface area contributed by atoms with Crippen molar-refractivity contribution in [1.29, 1.82) is 0 Å². The predicted octanol–water partition coefficient (Wildman–Crippen LogP) is 11.0. The van der Waals surface area contributed by atoms with Crippen molar-refractivity contribution in [2.45, 2.75) is 142 Å². The van der Waals surface area contributed by atoms with Crippen molar-refractivity contribution in [3.8, 4) is 0 Å². The zero-order valence-corrected chi connectivity index (χ0v) is 35.6. The summed E-state index contributed by atoms with van der Waals surface area (Å²) in [5.74, 6) is -1.06. The number of allylic oxidation sites excluding steroid dienone is 18. The van der Waals surface area contributed by atoms with Gasteiger partial charge in [0, 0.05) is 12.8 Å². The van der Waals surface area contributed by atoms with E-state index in [1.54, 1.807) is 0 Å². The van der Waals surface area contributed by atoms with Crippen LogP contribution < -0.4 is 0 Å². The highest BCUT2D eigenvalue weighted by Gasteiger charge is 2.27. The largest absolute Gasteiger partial charge is 0.472 e. The Labute approximate surface area is 344 Å². The Morgan fingerprint density at radius 2 is 0.947 bits per heavy atom. The molecule has 0 aromatic rings. The van der Waals surface area contributed by atoms with Crippen molar-refractivity contribution in [2.75, 3.05) is 26.4 Å². The normalized spacial score (nSPS) is 15.0. The number of unbranched alkanes of at least 4 members (excludes halogenated alkanes) is 5. The Bertz CT molecular complexity index is 1310. The maximum absolute atomic E-state index is 12.6. The molecule has 0 fully saturated rings. The Morgan fingerprint density at radius 3 is 1.44 bits per heavy atom. The average molecular weight is 817 g/mol. The van der Waals surface area contributed by atoms with Crippen LogP contribution in [-0.4, -0.2) is 65.7 Å². The van der Waals surface area contributed by atoms with Crippen LogP contribution in [0.1, 0.15) is 129 Å². The van der Waals surface area contributed by atoms with Gasteiger partial charge in [-0.25, -0.2) is 4.57 Å². The fourth-order valence-corrected chi connectivity index (χ4v) is 5.59. The minimum absolute atomic E-state index is 0.0480. The molecule has 0 aliphatic heterocycles. The van der Waals surface area contributed by atoms with Crippen LogP contribution in [0.2, 0.25) is 0 Å². The summed E-state index contributed by atoms with van der Waals surface area (Å²) in [6.07, 6.45) is 50.7. The van der Waals surface area contributed by atoms with Crippen LogP contribution in [0.4, 0.5) is 0 Å². The molecule has 0 aromatic carbocycles. The van der Waals surface area contributed by atoms with Gasteiger partial charge in [0.15, 0.2) is 6.10 Å². The average Bonchev–Trinajstić information content (AvgIpc) is 3.20. The third-order valence-corrected chi connectivity index (χ3v) is 8.89. The Balaban J connectivity index is 4.50. The van der Waals surface area contributed by atoms with Crippen molar-refractivity contribution in [3.05, 3.63) is 109 Å². The van der Waals surface area contributed by atoms with Crippen LogP contribution in [0.15, 0.2) is 109 Å². The molecule has 0 rings (SSSR count). The van der Waals surface area contributed by atoms with E-state index < -0.39 is 51.8 Å². The van der Waals surface area contributed by atoms with E-state index in [0.29, 0.717) is 12.8 Å². The molecule has 0 aliphatic carbocycles. The molecule has 0 spiro atoms. The molecule has 0 aliphatic rings. The fraction of sp³-hybridized carbons (Fsp3) is 0.565. The number of aliphatic hydroxyl groups excluding tert-OH is 2. The monoisotopic (exact) mass is 816 g/mol. The third-order valence-electron chi connectivity index (χ3n) is 7.94. The van der Waals surface area contributed by atoms with Gasteiger partial charge >= 0.3 is 19.8 Å². The summed E-state index contributed by atoms with van der Waals surface area (Å²) in [5.41, 5.74) is 0. The summed E-state index contributed by atoms with van der Waals surface area (Å²) < 4.78 is 32.6. The number of carbonyl (C=O) groups excluding carboxylic acids is 2. The van der Waals surface area contributed by atoms with E-state index in [1.807, 2.05) is 12.2 Å². The lowest BCUT2D eigenvalue weighted by Gasteiger charge is -2.20. The number of hydrogen-bond acceptors (Lipinski definition) is 9. The van der Waals surface area contributed by atoms with E-state index in [1.165, 1.54) is 0 Å². The summed E-state index contributed by atoms with van der Waals surface area (Å²) in [6, 6.07) is 0. The van der Waals surface area contributed by atoms with E-state index in [-0.39, 0.29) is 19.4 Å². The molecule has 0 heterocycles. The number of carbonyl (C=O) groups is 2. The molecule has 3 atom stereocenters. The molecule has 57 heavy (non-hydrogen) atoms. The first-order chi connectivity index (χ1) is 27.7.